The predicted molar refractivity (Wildman–Crippen MR) is 85.8 cm³/mol. The van der Waals surface area contributed by atoms with Crippen LogP contribution in [0.25, 0.3) is 0 Å². The first kappa shape index (κ1) is 20.4. The smallest absolute Gasteiger partial charge is 0.306 e. The Morgan fingerprint density at radius 3 is 2.57 bits per heavy atom. The molecule has 1 N–H and O–H groups in total. The Morgan fingerprint density at radius 1 is 1.26 bits per heavy atom. The topological polar surface area (TPSA) is 74.2 Å². The highest BCUT2D eigenvalue weighted by Crippen LogP contribution is 2.41. The Hall–Kier alpha value is -0.690. The zero-order chi connectivity index (χ0) is 17.3. The van der Waals surface area contributed by atoms with Crippen molar-refractivity contribution in [2.45, 2.75) is 71.7 Å². The molecule has 1 heterocycles. The van der Waals surface area contributed by atoms with Crippen LogP contribution in [-0.4, -0.2) is 49.6 Å². The standard InChI is InChI=1S/C17H32O6/c1-5-21-15-17(16(2,3)4,12-20-13-22-15)23-14(19)10-8-6-7-9-11-18/h15,18H,5-13H2,1-4H3. The van der Waals surface area contributed by atoms with Crippen LogP contribution in [0.4, 0.5) is 0 Å². The quantitative estimate of drug-likeness (QED) is 0.517. The number of carbonyl (C=O) groups excluding carboxylic acids is 1. The van der Waals surface area contributed by atoms with E-state index in [1.54, 1.807) is 0 Å². The molecule has 0 bridgehead atoms. The molecule has 1 aliphatic heterocycles. The summed E-state index contributed by atoms with van der Waals surface area (Å²) in [5.41, 5.74) is -1.34. The summed E-state index contributed by atoms with van der Waals surface area (Å²) in [4.78, 5) is 12.3. The second-order valence-electron chi connectivity index (χ2n) is 6.92. The van der Waals surface area contributed by atoms with E-state index in [4.69, 9.17) is 24.1 Å². The summed E-state index contributed by atoms with van der Waals surface area (Å²) >= 11 is 0. The Morgan fingerprint density at radius 2 is 1.96 bits per heavy atom. The molecule has 6 heteroatoms. The van der Waals surface area contributed by atoms with Gasteiger partial charge >= 0.3 is 5.97 Å². The molecule has 1 fully saturated rings. The molecule has 0 aromatic rings. The lowest BCUT2D eigenvalue weighted by atomic mass is 9.75. The highest BCUT2D eigenvalue weighted by molar-refractivity contribution is 5.70. The van der Waals surface area contributed by atoms with Crippen LogP contribution in [0, 0.1) is 5.41 Å². The average molecular weight is 332 g/mol. The zero-order valence-electron chi connectivity index (χ0n) is 14.9. The minimum atomic E-state index is -0.955. The first-order valence-electron chi connectivity index (χ1n) is 8.51. The SMILES string of the molecule is CCOC1OCOCC1(OC(=O)CCCCCCO)C(C)(C)C. The molecular weight excluding hydrogens is 300 g/mol. The number of aliphatic hydroxyl groups excluding tert-OH is 1. The minimum absolute atomic E-state index is 0.140. The van der Waals surface area contributed by atoms with Gasteiger partial charge in [0.25, 0.3) is 0 Å². The summed E-state index contributed by atoms with van der Waals surface area (Å²) in [7, 11) is 0. The van der Waals surface area contributed by atoms with E-state index in [2.05, 4.69) is 0 Å². The molecule has 136 valence electrons. The van der Waals surface area contributed by atoms with Crippen molar-refractivity contribution in [1.29, 1.82) is 0 Å². The number of hydrogen-bond acceptors (Lipinski definition) is 6. The van der Waals surface area contributed by atoms with Gasteiger partial charge in [-0.05, 0) is 19.8 Å². The van der Waals surface area contributed by atoms with Gasteiger partial charge in [-0.25, -0.2) is 0 Å². The Kier molecular flexibility index (Phi) is 8.47. The van der Waals surface area contributed by atoms with Gasteiger partial charge < -0.3 is 24.1 Å². The highest BCUT2D eigenvalue weighted by atomic mass is 16.8. The molecule has 0 aliphatic carbocycles. The molecule has 23 heavy (non-hydrogen) atoms. The van der Waals surface area contributed by atoms with E-state index < -0.39 is 11.9 Å². The van der Waals surface area contributed by atoms with Crippen molar-refractivity contribution in [3.63, 3.8) is 0 Å². The minimum Gasteiger partial charge on any atom is -0.451 e. The molecule has 2 unspecified atom stereocenters. The number of aliphatic hydroxyl groups is 1. The summed E-state index contributed by atoms with van der Waals surface area (Å²) in [5, 5.41) is 8.76. The molecule has 0 aromatic heterocycles. The Balaban J connectivity index is 2.68. The number of unbranched alkanes of at least 4 members (excludes halogenated alkanes) is 3. The number of ether oxygens (including phenoxy) is 4. The highest BCUT2D eigenvalue weighted by Gasteiger charge is 2.55. The molecule has 0 amide bonds. The molecule has 1 rings (SSSR count). The lowest BCUT2D eigenvalue weighted by Gasteiger charge is -2.49. The monoisotopic (exact) mass is 332 g/mol. The van der Waals surface area contributed by atoms with E-state index >= 15 is 0 Å². The maximum Gasteiger partial charge on any atom is 0.306 e. The van der Waals surface area contributed by atoms with Crippen LogP contribution in [0.5, 0.6) is 0 Å². The lowest BCUT2D eigenvalue weighted by molar-refractivity contribution is -0.346. The zero-order valence-corrected chi connectivity index (χ0v) is 14.9. The van der Waals surface area contributed by atoms with Gasteiger partial charge in [-0.1, -0.05) is 33.6 Å². The number of rotatable bonds is 9. The fourth-order valence-electron chi connectivity index (χ4n) is 2.63. The molecule has 0 aromatic carbocycles. The summed E-state index contributed by atoms with van der Waals surface area (Å²) in [6.07, 6.45) is 3.07. The van der Waals surface area contributed by atoms with Gasteiger partial charge in [0.15, 0.2) is 5.60 Å². The Labute approximate surface area is 139 Å². The van der Waals surface area contributed by atoms with Crippen LogP contribution in [0.2, 0.25) is 0 Å². The van der Waals surface area contributed by atoms with Crippen molar-refractivity contribution in [3.05, 3.63) is 0 Å². The van der Waals surface area contributed by atoms with Gasteiger partial charge in [0, 0.05) is 25.0 Å². The maximum absolute atomic E-state index is 12.3. The van der Waals surface area contributed by atoms with E-state index in [9.17, 15) is 4.79 Å². The second kappa shape index (κ2) is 9.57. The van der Waals surface area contributed by atoms with Crippen molar-refractivity contribution in [1.82, 2.24) is 0 Å². The number of carbonyl (C=O) groups is 1. The van der Waals surface area contributed by atoms with E-state index in [0.29, 0.717) is 13.0 Å². The van der Waals surface area contributed by atoms with Crippen LogP contribution in [0.1, 0.15) is 59.8 Å². The van der Waals surface area contributed by atoms with Crippen molar-refractivity contribution < 1.29 is 28.8 Å². The summed E-state index contributed by atoms with van der Waals surface area (Å²) in [6, 6.07) is 0. The summed E-state index contributed by atoms with van der Waals surface area (Å²) in [5.74, 6) is -0.261. The molecule has 0 radical (unpaired) electrons. The van der Waals surface area contributed by atoms with Crippen LogP contribution in [0.3, 0.4) is 0 Å². The molecule has 0 spiro atoms. The van der Waals surface area contributed by atoms with Gasteiger partial charge in [0.1, 0.15) is 6.79 Å². The van der Waals surface area contributed by atoms with Gasteiger partial charge in [0.05, 0.1) is 6.61 Å². The summed E-state index contributed by atoms with van der Waals surface area (Å²) in [6.45, 7) is 8.93. The van der Waals surface area contributed by atoms with Crippen LogP contribution in [0.15, 0.2) is 0 Å². The first-order valence-corrected chi connectivity index (χ1v) is 8.51. The van der Waals surface area contributed by atoms with E-state index in [0.717, 1.165) is 25.7 Å². The second-order valence-corrected chi connectivity index (χ2v) is 6.92. The third-order valence-corrected chi connectivity index (χ3v) is 4.17. The third-order valence-electron chi connectivity index (χ3n) is 4.17. The average Bonchev–Trinajstić information content (AvgIpc) is 2.48. The predicted octanol–water partition coefficient (Wildman–Crippen LogP) is 2.62. The number of esters is 1. The van der Waals surface area contributed by atoms with Crippen molar-refractivity contribution >= 4 is 5.97 Å². The van der Waals surface area contributed by atoms with E-state index in [1.165, 1.54) is 0 Å². The molecule has 2 atom stereocenters. The van der Waals surface area contributed by atoms with Gasteiger partial charge in [-0.2, -0.15) is 0 Å². The maximum atomic E-state index is 12.3. The first-order chi connectivity index (χ1) is 10.9. The number of hydrogen-bond donors (Lipinski definition) is 1. The van der Waals surface area contributed by atoms with Gasteiger partial charge in [-0.3, -0.25) is 4.79 Å². The fourth-order valence-corrected chi connectivity index (χ4v) is 2.63. The third kappa shape index (κ3) is 5.71. The van der Waals surface area contributed by atoms with Crippen LogP contribution < -0.4 is 0 Å². The molecule has 0 saturated carbocycles. The van der Waals surface area contributed by atoms with Crippen LogP contribution >= 0.6 is 0 Å². The van der Waals surface area contributed by atoms with Crippen LogP contribution in [-0.2, 0) is 23.7 Å². The summed E-state index contributed by atoms with van der Waals surface area (Å²) < 4.78 is 22.5. The van der Waals surface area contributed by atoms with E-state index in [1.807, 2.05) is 27.7 Å². The molecular formula is C17H32O6. The van der Waals surface area contributed by atoms with Crippen molar-refractivity contribution in [2.75, 3.05) is 26.6 Å². The van der Waals surface area contributed by atoms with E-state index in [-0.39, 0.29) is 31.4 Å². The fraction of sp³-hybridized carbons (Fsp3) is 0.941. The normalized spacial score (nSPS) is 25.3. The van der Waals surface area contributed by atoms with Crippen molar-refractivity contribution in [3.8, 4) is 0 Å². The van der Waals surface area contributed by atoms with Crippen molar-refractivity contribution in [2.24, 2.45) is 5.41 Å². The van der Waals surface area contributed by atoms with Gasteiger partial charge in [-0.15, -0.1) is 0 Å². The largest absolute Gasteiger partial charge is 0.451 e. The lowest BCUT2D eigenvalue weighted by Crippen LogP contribution is -2.63. The van der Waals surface area contributed by atoms with Gasteiger partial charge in [0.2, 0.25) is 6.29 Å². The molecule has 1 saturated heterocycles. The Bertz CT molecular complexity index is 349. The molecule has 1 aliphatic rings. The molecule has 6 nitrogen and oxygen atoms in total.